The number of halogens is 2. The molecule has 0 saturated carbocycles. The first-order valence-corrected chi connectivity index (χ1v) is 5.23. The molecule has 2 aromatic rings. The van der Waals surface area contributed by atoms with E-state index in [4.69, 9.17) is 0 Å². The Morgan fingerprint density at radius 3 is 2.50 bits per heavy atom. The summed E-state index contributed by atoms with van der Waals surface area (Å²) in [5, 5.41) is 11.0. The first kappa shape index (κ1) is 12.3. The van der Waals surface area contributed by atoms with Gasteiger partial charge in [-0.25, -0.2) is 8.78 Å². The van der Waals surface area contributed by atoms with Gasteiger partial charge in [-0.3, -0.25) is 4.79 Å². The number of tetrazole rings is 1. The van der Waals surface area contributed by atoms with E-state index in [2.05, 4.69) is 15.4 Å². The van der Waals surface area contributed by atoms with E-state index in [1.165, 1.54) is 10.9 Å². The summed E-state index contributed by atoms with van der Waals surface area (Å²) in [5.41, 5.74) is -0.230. The van der Waals surface area contributed by atoms with Crippen LogP contribution in [0.1, 0.15) is 11.4 Å². The quantitative estimate of drug-likeness (QED) is 0.809. The number of carbonyl (C=O) groups is 1. The van der Waals surface area contributed by atoms with Gasteiger partial charge >= 0.3 is 0 Å². The van der Waals surface area contributed by atoms with Crippen LogP contribution in [0.15, 0.2) is 18.2 Å². The highest BCUT2D eigenvalue weighted by molar-refractivity contribution is 5.82. The van der Waals surface area contributed by atoms with Gasteiger partial charge in [0.2, 0.25) is 0 Å². The van der Waals surface area contributed by atoms with Gasteiger partial charge in [0.15, 0.2) is 5.82 Å². The van der Waals surface area contributed by atoms with Gasteiger partial charge in [0.05, 0.1) is 13.5 Å². The summed E-state index contributed by atoms with van der Waals surface area (Å²) >= 11 is 0. The average Bonchev–Trinajstić information content (AvgIpc) is 2.69. The normalized spacial score (nSPS) is 10.6. The number of nitrogens with zero attached hydrogens (tertiary/aromatic N) is 4. The van der Waals surface area contributed by atoms with Gasteiger partial charge in [0.1, 0.15) is 17.4 Å². The summed E-state index contributed by atoms with van der Waals surface area (Å²) in [6, 6.07) is 3.49. The molecule has 0 N–H and O–H groups in total. The second-order valence-corrected chi connectivity index (χ2v) is 3.79. The molecular weight excluding hydrogens is 242 g/mol. The van der Waals surface area contributed by atoms with E-state index < -0.39 is 11.6 Å². The molecule has 5 nitrogen and oxygen atoms in total. The third-order valence-corrected chi connectivity index (χ3v) is 2.34. The summed E-state index contributed by atoms with van der Waals surface area (Å²) in [7, 11) is 1.57. The Bertz CT molecular complexity index is 562. The number of aromatic nitrogens is 4. The Morgan fingerprint density at radius 2 is 1.94 bits per heavy atom. The van der Waals surface area contributed by atoms with Gasteiger partial charge in [-0.05, 0) is 17.3 Å². The van der Waals surface area contributed by atoms with Gasteiger partial charge in [-0.1, -0.05) is 6.07 Å². The van der Waals surface area contributed by atoms with E-state index >= 15 is 0 Å². The number of Topliss-reactive ketones (excluding diaryl/α,β-unsaturated/α-hetero) is 1. The molecule has 0 saturated heterocycles. The van der Waals surface area contributed by atoms with Gasteiger partial charge < -0.3 is 0 Å². The molecule has 0 aliphatic heterocycles. The molecule has 0 aliphatic carbocycles. The first-order chi connectivity index (χ1) is 8.56. The molecule has 0 radical (unpaired) electrons. The second kappa shape index (κ2) is 4.99. The number of carbonyl (C=O) groups excluding carboxylic acids is 1. The minimum Gasteiger partial charge on any atom is -0.299 e. The molecule has 1 aromatic carbocycles. The summed E-state index contributed by atoms with van der Waals surface area (Å²) in [4.78, 5) is 12.9. The van der Waals surface area contributed by atoms with E-state index in [1.54, 1.807) is 7.05 Å². The number of hydrogen-bond donors (Lipinski definition) is 0. The van der Waals surface area contributed by atoms with Crippen LogP contribution in [0.5, 0.6) is 0 Å². The lowest BCUT2D eigenvalue weighted by molar-refractivity contribution is -0.118. The number of benzene rings is 1. The maximum atomic E-state index is 13.3. The topological polar surface area (TPSA) is 60.7 Å². The zero-order valence-corrected chi connectivity index (χ0v) is 9.60. The fourth-order valence-electron chi connectivity index (χ4n) is 1.53. The molecule has 0 aliphatic rings. The summed E-state index contributed by atoms with van der Waals surface area (Å²) in [6.45, 7) is 0. The molecule has 1 aromatic heterocycles. The lowest BCUT2D eigenvalue weighted by Gasteiger charge is -2.02. The van der Waals surface area contributed by atoms with Crippen molar-refractivity contribution >= 4 is 5.78 Å². The number of hydrogen-bond acceptors (Lipinski definition) is 4. The first-order valence-electron chi connectivity index (χ1n) is 5.23. The van der Waals surface area contributed by atoms with Crippen molar-refractivity contribution in [2.45, 2.75) is 12.8 Å². The van der Waals surface area contributed by atoms with Gasteiger partial charge in [0.25, 0.3) is 0 Å². The number of rotatable bonds is 4. The van der Waals surface area contributed by atoms with Gasteiger partial charge in [-0.15, -0.1) is 10.2 Å². The fourth-order valence-corrected chi connectivity index (χ4v) is 1.53. The van der Waals surface area contributed by atoms with Crippen molar-refractivity contribution in [3.05, 3.63) is 41.2 Å². The molecule has 7 heteroatoms. The monoisotopic (exact) mass is 252 g/mol. The Kier molecular flexibility index (Phi) is 3.40. The maximum Gasteiger partial charge on any atom is 0.182 e. The lowest BCUT2D eigenvalue weighted by Crippen LogP contribution is -2.11. The van der Waals surface area contributed by atoms with Gasteiger partial charge in [0, 0.05) is 12.0 Å². The smallest absolute Gasteiger partial charge is 0.182 e. The third kappa shape index (κ3) is 2.73. The van der Waals surface area contributed by atoms with Crippen LogP contribution in [0.3, 0.4) is 0 Å². The highest BCUT2D eigenvalue weighted by atomic mass is 19.1. The molecule has 94 valence electrons. The molecule has 0 atom stereocenters. The van der Waals surface area contributed by atoms with E-state index in [1.807, 2.05) is 0 Å². The van der Waals surface area contributed by atoms with Gasteiger partial charge in [-0.2, -0.15) is 4.80 Å². The highest BCUT2D eigenvalue weighted by Gasteiger charge is 2.15. The van der Waals surface area contributed by atoms with Crippen LogP contribution in [0.25, 0.3) is 0 Å². The van der Waals surface area contributed by atoms with E-state index in [9.17, 15) is 13.6 Å². The molecular formula is C11H10F2N4O. The molecule has 0 spiro atoms. The molecule has 2 rings (SSSR count). The zero-order chi connectivity index (χ0) is 13.1. The van der Waals surface area contributed by atoms with E-state index in [0.717, 1.165) is 12.1 Å². The van der Waals surface area contributed by atoms with Crippen LogP contribution in [0.2, 0.25) is 0 Å². The highest BCUT2D eigenvalue weighted by Crippen LogP contribution is 2.13. The molecule has 0 amide bonds. The lowest BCUT2D eigenvalue weighted by atomic mass is 10.1. The molecule has 0 bridgehead atoms. The molecule has 0 fully saturated rings. The van der Waals surface area contributed by atoms with Crippen LogP contribution in [0, 0.1) is 11.6 Å². The fraction of sp³-hybridized carbons (Fsp3) is 0.273. The van der Waals surface area contributed by atoms with Crippen LogP contribution in [-0.4, -0.2) is 26.0 Å². The van der Waals surface area contributed by atoms with Crippen molar-refractivity contribution in [2.24, 2.45) is 7.05 Å². The second-order valence-electron chi connectivity index (χ2n) is 3.79. The standard InChI is InChI=1S/C11H10F2N4O/c1-17-15-11(14-16-17)6-7(18)5-8-9(12)3-2-4-10(8)13/h2-4H,5-6H2,1H3. The van der Waals surface area contributed by atoms with E-state index in [0.29, 0.717) is 0 Å². The molecule has 18 heavy (non-hydrogen) atoms. The maximum absolute atomic E-state index is 13.3. The van der Waals surface area contributed by atoms with Crippen LogP contribution >= 0.6 is 0 Å². The molecule has 1 heterocycles. The van der Waals surface area contributed by atoms with Crippen molar-refractivity contribution < 1.29 is 13.6 Å². The Morgan fingerprint density at radius 1 is 1.28 bits per heavy atom. The van der Waals surface area contributed by atoms with Crippen molar-refractivity contribution in [3.63, 3.8) is 0 Å². The minimum absolute atomic E-state index is 0.0956. The predicted molar refractivity (Wildman–Crippen MR) is 57.6 cm³/mol. The van der Waals surface area contributed by atoms with Crippen LogP contribution < -0.4 is 0 Å². The van der Waals surface area contributed by atoms with E-state index in [-0.39, 0.29) is 30.0 Å². The Labute approximate surface area is 101 Å². The summed E-state index contributed by atoms with van der Waals surface area (Å²) in [6.07, 6.45) is -0.418. The van der Waals surface area contributed by atoms with Crippen molar-refractivity contribution in [2.75, 3.05) is 0 Å². The van der Waals surface area contributed by atoms with Crippen molar-refractivity contribution in [1.29, 1.82) is 0 Å². The Balaban J connectivity index is 2.08. The summed E-state index contributed by atoms with van der Waals surface area (Å²) < 4.78 is 26.6. The van der Waals surface area contributed by atoms with Crippen LogP contribution in [0.4, 0.5) is 8.78 Å². The number of ketones is 1. The van der Waals surface area contributed by atoms with Crippen molar-refractivity contribution in [3.8, 4) is 0 Å². The Hall–Kier alpha value is -2.18. The SMILES string of the molecule is Cn1nnc(CC(=O)Cc2c(F)cccc2F)n1. The predicted octanol–water partition coefficient (Wildman–Crippen LogP) is 0.843. The third-order valence-electron chi connectivity index (χ3n) is 2.34. The van der Waals surface area contributed by atoms with Crippen molar-refractivity contribution in [1.82, 2.24) is 20.2 Å². The summed E-state index contributed by atoms with van der Waals surface area (Å²) in [5.74, 6) is -1.59. The minimum atomic E-state index is -0.726. The van der Waals surface area contributed by atoms with Crippen LogP contribution in [-0.2, 0) is 24.7 Å². The average molecular weight is 252 g/mol. The largest absolute Gasteiger partial charge is 0.299 e. The molecule has 0 unspecified atom stereocenters. The zero-order valence-electron chi connectivity index (χ0n) is 9.60. The number of aryl methyl sites for hydroxylation is 1.